The SMILES string of the molecule is O=C(O)CCc1nc2ccccc2c(=O)n1CC(=O)NC1CC1. The summed E-state index contributed by atoms with van der Waals surface area (Å²) >= 11 is 0. The average molecular weight is 315 g/mol. The Kier molecular flexibility index (Phi) is 4.10. The van der Waals surface area contributed by atoms with Crippen LogP contribution in [0.5, 0.6) is 0 Å². The second kappa shape index (κ2) is 6.20. The first-order chi connectivity index (χ1) is 11.0. The maximum Gasteiger partial charge on any atom is 0.303 e. The van der Waals surface area contributed by atoms with E-state index in [2.05, 4.69) is 10.3 Å². The van der Waals surface area contributed by atoms with E-state index in [1.807, 2.05) is 0 Å². The zero-order valence-corrected chi connectivity index (χ0v) is 12.5. The van der Waals surface area contributed by atoms with Crippen molar-refractivity contribution in [3.8, 4) is 0 Å². The summed E-state index contributed by atoms with van der Waals surface area (Å²) < 4.78 is 1.28. The molecular formula is C16H17N3O4. The highest BCUT2D eigenvalue weighted by Crippen LogP contribution is 2.18. The number of fused-ring (bicyclic) bond motifs is 1. The monoisotopic (exact) mass is 315 g/mol. The van der Waals surface area contributed by atoms with Gasteiger partial charge in [0.05, 0.1) is 17.3 Å². The van der Waals surface area contributed by atoms with Crippen LogP contribution in [0.2, 0.25) is 0 Å². The average Bonchev–Trinajstić information content (AvgIpc) is 3.32. The lowest BCUT2D eigenvalue weighted by Crippen LogP contribution is -2.35. The van der Waals surface area contributed by atoms with E-state index in [1.165, 1.54) is 4.57 Å². The number of aliphatic carboxylic acids is 1. The van der Waals surface area contributed by atoms with Crippen molar-refractivity contribution in [2.45, 2.75) is 38.3 Å². The molecule has 0 radical (unpaired) electrons. The maximum atomic E-state index is 12.6. The topological polar surface area (TPSA) is 101 Å². The van der Waals surface area contributed by atoms with Crippen molar-refractivity contribution < 1.29 is 14.7 Å². The van der Waals surface area contributed by atoms with Crippen LogP contribution in [0.25, 0.3) is 10.9 Å². The van der Waals surface area contributed by atoms with Crippen molar-refractivity contribution in [1.82, 2.24) is 14.9 Å². The molecule has 0 spiro atoms. The van der Waals surface area contributed by atoms with Gasteiger partial charge in [0.25, 0.3) is 5.56 Å². The molecular weight excluding hydrogens is 298 g/mol. The van der Waals surface area contributed by atoms with Crippen molar-refractivity contribution in [2.75, 3.05) is 0 Å². The molecule has 1 aromatic carbocycles. The third-order valence-electron chi connectivity index (χ3n) is 3.75. The third kappa shape index (κ3) is 3.56. The van der Waals surface area contributed by atoms with Gasteiger partial charge in [0, 0.05) is 12.5 Å². The van der Waals surface area contributed by atoms with Crippen LogP contribution in [0, 0.1) is 0 Å². The number of nitrogens with zero attached hydrogens (tertiary/aromatic N) is 2. The normalized spacial score (nSPS) is 13.9. The van der Waals surface area contributed by atoms with Gasteiger partial charge in [-0.15, -0.1) is 0 Å². The second-order valence-electron chi connectivity index (χ2n) is 5.67. The fraction of sp³-hybridized carbons (Fsp3) is 0.375. The van der Waals surface area contributed by atoms with E-state index in [-0.39, 0.29) is 36.9 Å². The van der Waals surface area contributed by atoms with Crippen LogP contribution in [0.3, 0.4) is 0 Å². The molecule has 1 saturated carbocycles. The van der Waals surface area contributed by atoms with E-state index in [0.717, 1.165) is 12.8 Å². The molecule has 0 aliphatic heterocycles. The van der Waals surface area contributed by atoms with E-state index in [0.29, 0.717) is 16.7 Å². The van der Waals surface area contributed by atoms with Crippen molar-refractivity contribution in [1.29, 1.82) is 0 Å². The number of hydrogen-bond acceptors (Lipinski definition) is 4. The zero-order chi connectivity index (χ0) is 16.4. The minimum atomic E-state index is -0.971. The molecule has 3 rings (SSSR count). The van der Waals surface area contributed by atoms with Gasteiger partial charge in [-0.05, 0) is 25.0 Å². The minimum absolute atomic E-state index is 0.103. The first-order valence-electron chi connectivity index (χ1n) is 7.54. The lowest BCUT2D eigenvalue weighted by atomic mass is 10.2. The Morgan fingerprint density at radius 1 is 1.30 bits per heavy atom. The molecule has 120 valence electrons. The van der Waals surface area contributed by atoms with Gasteiger partial charge in [-0.3, -0.25) is 19.0 Å². The molecule has 1 amide bonds. The molecule has 0 unspecified atom stereocenters. The molecule has 7 heteroatoms. The summed E-state index contributed by atoms with van der Waals surface area (Å²) in [6.07, 6.45) is 1.88. The predicted molar refractivity (Wildman–Crippen MR) is 83.1 cm³/mol. The Bertz CT molecular complexity index is 824. The first-order valence-corrected chi connectivity index (χ1v) is 7.54. The minimum Gasteiger partial charge on any atom is -0.481 e. The summed E-state index contributed by atoms with van der Waals surface area (Å²) in [4.78, 5) is 39.8. The maximum absolute atomic E-state index is 12.6. The van der Waals surface area contributed by atoms with Gasteiger partial charge in [-0.1, -0.05) is 12.1 Å². The highest BCUT2D eigenvalue weighted by Gasteiger charge is 2.24. The van der Waals surface area contributed by atoms with Crippen LogP contribution in [-0.2, 0) is 22.6 Å². The van der Waals surface area contributed by atoms with E-state index in [1.54, 1.807) is 24.3 Å². The fourth-order valence-electron chi connectivity index (χ4n) is 2.43. The summed E-state index contributed by atoms with van der Waals surface area (Å²) in [6, 6.07) is 7.06. The Labute approximate surface area is 132 Å². The highest BCUT2D eigenvalue weighted by molar-refractivity contribution is 5.79. The van der Waals surface area contributed by atoms with Crippen LogP contribution in [0.15, 0.2) is 29.1 Å². The quantitative estimate of drug-likeness (QED) is 0.817. The lowest BCUT2D eigenvalue weighted by molar-refractivity contribution is -0.137. The van der Waals surface area contributed by atoms with Crippen LogP contribution >= 0.6 is 0 Å². The number of carboxylic acid groups (broad SMARTS) is 1. The van der Waals surface area contributed by atoms with Crippen LogP contribution < -0.4 is 10.9 Å². The zero-order valence-electron chi connectivity index (χ0n) is 12.5. The summed E-state index contributed by atoms with van der Waals surface area (Å²) in [5, 5.41) is 12.1. The second-order valence-corrected chi connectivity index (χ2v) is 5.67. The summed E-state index contributed by atoms with van der Waals surface area (Å²) in [7, 11) is 0. The van der Waals surface area contributed by atoms with Crippen LogP contribution in [0.4, 0.5) is 0 Å². The van der Waals surface area contributed by atoms with E-state index < -0.39 is 5.97 Å². The van der Waals surface area contributed by atoms with Gasteiger partial charge in [0.15, 0.2) is 0 Å². The largest absolute Gasteiger partial charge is 0.481 e. The molecule has 23 heavy (non-hydrogen) atoms. The summed E-state index contributed by atoms with van der Waals surface area (Å²) in [5.74, 6) is -0.897. The molecule has 2 aromatic rings. The first kappa shape index (κ1) is 15.2. The Balaban J connectivity index is 1.98. The van der Waals surface area contributed by atoms with Crippen molar-refractivity contribution >= 4 is 22.8 Å². The Morgan fingerprint density at radius 3 is 2.74 bits per heavy atom. The number of hydrogen-bond donors (Lipinski definition) is 2. The Morgan fingerprint density at radius 2 is 2.04 bits per heavy atom. The number of carbonyl (C=O) groups is 2. The van der Waals surface area contributed by atoms with E-state index >= 15 is 0 Å². The van der Waals surface area contributed by atoms with Crippen molar-refractivity contribution in [3.63, 3.8) is 0 Å². The van der Waals surface area contributed by atoms with Gasteiger partial charge < -0.3 is 10.4 Å². The number of aryl methyl sites for hydroxylation is 1. The number of nitrogens with one attached hydrogen (secondary N) is 1. The van der Waals surface area contributed by atoms with Crippen LogP contribution in [-0.4, -0.2) is 32.6 Å². The molecule has 7 nitrogen and oxygen atoms in total. The van der Waals surface area contributed by atoms with E-state index in [4.69, 9.17) is 5.11 Å². The standard InChI is InChI=1S/C16H17N3O4/c20-14(17-10-5-6-10)9-19-13(7-8-15(21)22)18-12-4-2-1-3-11(12)16(19)23/h1-4,10H,5-9H2,(H,17,20)(H,21,22). The van der Waals surface area contributed by atoms with Gasteiger partial charge in [-0.25, -0.2) is 4.98 Å². The predicted octanol–water partition coefficient (Wildman–Crippen LogP) is 0.692. The summed E-state index contributed by atoms with van der Waals surface area (Å²) in [6.45, 7) is -0.137. The number of aromatic nitrogens is 2. The van der Waals surface area contributed by atoms with Crippen molar-refractivity contribution in [2.24, 2.45) is 0 Å². The van der Waals surface area contributed by atoms with Gasteiger partial charge in [0.1, 0.15) is 12.4 Å². The lowest BCUT2D eigenvalue weighted by Gasteiger charge is -2.13. The number of rotatable bonds is 6. The highest BCUT2D eigenvalue weighted by atomic mass is 16.4. The third-order valence-corrected chi connectivity index (χ3v) is 3.75. The Hall–Kier alpha value is -2.70. The molecule has 0 bridgehead atoms. The van der Waals surface area contributed by atoms with Gasteiger partial charge in [0.2, 0.25) is 5.91 Å². The smallest absolute Gasteiger partial charge is 0.303 e. The number of carboxylic acids is 1. The number of benzene rings is 1. The molecule has 1 fully saturated rings. The molecule has 1 aromatic heterocycles. The molecule has 1 aliphatic carbocycles. The van der Waals surface area contributed by atoms with Gasteiger partial charge >= 0.3 is 5.97 Å². The van der Waals surface area contributed by atoms with E-state index in [9.17, 15) is 14.4 Å². The molecule has 1 aliphatic rings. The molecule has 0 atom stereocenters. The molecule has 1 heterocycles. The number of carbonyl (C=O) groups excluding carboxylic acids is 1. The van der Waals surface area contributed by atoms with Crippen molar-refractivity contribution in [3.05, 3.63) is 40.4 Å². The summed E-state index contributed by atoms with van der Waals surface area (Å²) in [5.41, 5.74) is 0.193. The number of amides is 1. The number of para-hydroxylation sites is 1. The molecule has 2 N–H and O–H groups in total. The van der Waals surface area contributed by atoms with Crippen LogP contribution in [0.1, 0.15) is 25.1 Å². The fourth-order valence-corrected chi connectivity index (χ4v) is 2.43. The van der Waals surface area contributed by atoms with Gasteiger partial charge in [-0.2, -0.15) is 0 Å². The molecule has 0 saturated heterocycles.